The van der Waals surface area contributed by atoms with Crippen molar-refractivity contribution in [2.45, 2.75) is 26.7 Å². The van der Waals surface area contributed by atoms with Gasteiger partial charge in [0.05, 0.1) is 25.3 Å². The molecule has 0 radical (unpaired) electrons. The van der Waals surface area contributed by atoms with Crippen molar-refractivity contribution in [1.29, 1.82) is 0 Å². The van der Waals surface area contributed by atoms with Crippen molar-refractivity contribution in [3.8, 4) is 11.5 Å². The number of benzene rings is 2. The number of fused-ring (bicyclic) bond motifs is 5. The van der Waals surface area contributed by atoms with E-state index in [1.54, 1.807) is 14.2 Å². The van der Waals surface area contributed by atoms with Crippen molar-refractivity contribution in [2.75, 3.05) is 14.2 Å². The minimum absolute atomic E-state index is 0.732. The summed E-state index contributed by atoms with van der Waals surface area (Å²) in [4.78, 5) is 4.92. The SMILES string of the molecule is CCc1c(CC)n2c3ccccc3nc2c2cc(OC)c(OC)cc12. The van der Waals surface area contributed by atoms with Crippen LogP contribution in [0.1, 0.15) is 25.1 Å². The molecular weight excluding hydrogens is 312 g/mol. The van der Waals surface area contributed by atoms with Gasteiger partial charge in [-0.15, -0.1) is 0 Å². The first kappa shape index (κ1) is 15.8. The molecule has 4 aromatic rings. The van der Waals surface area contributed by atoms with Crippen molar-refractivity contribution in [3.63, 3.8) is 0 Å². The second kappa shape index (κ2) is 5.96. The Balaban J connectivity index is 2.29. The maximum absolute atomic E-state index is 5.54. The van der Waals surface area contributed by atoms with Crippen LogP contribution in [-0.4, -0.2) is 23.6 Å². The third-order valence-corrected chi connectivity index (χ3v) is 4.96. The van der Waals surface area contributed by atoms with Crippen LogP contribution < -0.4 is 9.47 Å². The fourth-order valence-electron chi connectivity index (χ4n) is 3.85. The smallest absolute Gasteiger partial charge is 0.161 e. The molecule has 25 heavy (non-hydrogen) atoms. The van der Waals surface area contributed by atoms with Crippen molar-refractivity contribution in [1.82, 2.24) is 9.38 Å². The van der Waals surface area contributed by atoms with Crippen molar-refractivity contribution < 1.29 is 9.47 Å². The number of imidazole rings is 1. The molecule has 4 rings (SSSR count). The average Bonchev–Trinajstić information content (AvgIpc) is 3.05. The number of hydrogen-bond donors (Lipinski definition) is 0. The summed E-state index contributed by atoms with van der Waals surface area (Å²) in [5.41, 5.74) is 5.80. The number of aromatic nitrogens is 2. The van der Waals surface area contributed by atoms with Gasteiger partial charge >= 0.3 is 0 Å². The first-order valence-electron chi connectivity index (χ1n) is 8.70. The molecule has 4 heteroatoms. The molecule has 0 atom stereocenters. The Morgan fingerprint density at radius 3 is 2.24 bits per heavy atom. The van der Waals surface area contributed by atoms with Gasteiger partial charge in [0.15, 0.2) is 11.5 Å². The van der Waals surface area contributed by atoms with Crippen LogP contribution in [-0.2, 0) is 12.8 Å². The molecule has 0 unspecified atom stereocenters. The lowest BCUT2D eigenvalue weighted by atomic mass is 9.99. The summed E-state index contributed by atoms with van der Waals surface area (Å²) in [6.45, 7) is 4.41. The van der Waals surface area contributed by atoms with Gasteiger partial charge in [0, 0.05) is 11.1 Å². The highest BCUT2D eigenvalue weighted by Gasteiger charge is 2.18. The molecule has 4 nitrogen and oxygen atoms in total. The van der Waals surface area contributed by atoms with Gasteiger partial charge in [-0.05, 0) is 48.1 Å². The third kappa shape index (κ3) is 2.17. The van der Waals surface area contributed by atoms with Crippen molar-refractivity contribution in [2.24, 2.45) is 0 Å². The van der Waals surface area contributed by atoms with Crippen LogP contribution in [0.5, 0.6) is 11.5 Å². The lowest BCUT2D eigenvalue weighted by molar-refractivity contribution is 0.356. The maximum atomic E-state index is 5.54. The van der Waals surface area contributed by atoms with Gasteiger partial charge in [-0.3, -0.25) is 4.40 Å². The van der Waals surface area contributed by atoms with E-state index in [0.29, 0.717) is 0 Å². The number of para-hydroxylation sites is 2. The molecule has 0 aliphatic heterocycles. The highest BCUT2D eigenvalue weighted by molar-refractivity contribution is 6.02. The first-order chi connectivity index (χ1) is 12.2. The van der Waals surface area contributed by atoms with Crippen LogP contribution >= 0.6 is 0 Å². The molecule has 0 fully saturated rings. The highest BCUT2D eigenvalue weighted by Crippen LogP contribution is 2.38. The Kier molecular flexibility index (Phi) is 3.75. The number of methoxy groups -OCH3 is 2. The standard InChI is InChI=1S/C21H22N2O2/c1-5-13-14-11-19(24-3)20(25-4)12-15(14)21-22-16-9-7-8-10-18(16)23(21)17(13)6-2/h7-12H,5-6H2,1-4H3. The van der Waals surface area contributed by atoms with E-state index in [1.807, 2.05) is 12.1 Å². The molecule has 0 bridgehead atoms. The Hall–Kier alpha value is -2.75. The van der Waals surface area contributed by atoms with Crippen LogP contribution in [0.4, 0.5) is 0 Å². The van der Waals surface area contributed by atoms with Crippen LogP contribution in [0.15, 0.2) is 36.4 Å². The Morgan fingerprint density at radius 2 is 1.60 bits per heavy atom. The predicted molar refractivity (Wildman–Crippen MR) is 102 cm³/mol. The molecule has 0 N–H and O–H groups in total. The molecule has 2 aromatic heterocycles. The number of hydrogen-bond acceptors (Lipinski definition) is 3. The summed E-state index contributed by atoms with van der Waals surface area (Å²) < 4.78 is 13.4. The zero-order chi connectivity index (χ0) is 17.6. The van der Waals surface area contributed by atoms with Gasteiger partial charge < -0.3 is 9.47 Å². The Labute approximate surface area is 147 Å². The van der Waals surface area contributed by atoms with Crippen LogP contribution in [0.3, 0.4) is 0 Å². The number of nitrogens with zero attached hydrogens (tertiary/aromatic N) is 2. The minimum atomic E-state index is 0.732. The fraction of sp³-hybridized carbons (Fsp3) is 0.286. The van der Waals surface area contributed by atoms with E-state index in [-0.39, 0.29) is 0 Å². The predicted octanol–water partition coefficient (Wildman–Crippen LogP) is 4.78. The largest absolute Gasteiger partial charge is 0.493 e. The zero-order valence-electron chi connectivity index (χ0n) is 15.1. The number of ether oxygens (including phenoxy) is 2. The zero-order valence-corrected chi connectivity index (χ0v) is 15.1. The maximum Gasteiger partial charge on any atom is 0.161 e. The number of aryl methyl sites for hydroxylation is 2. The molecule has 0 amide bonds. The molecular formula is C21H22N2O2. The lowest BCUT2D eigenvalue weighted by Crippen LogP contribution is -2.04. The Bertz CT molecular complexity index is 1100. The normalized spacial score (nSPS) is 11.5. The van der Waals surface area contributed by atoms with E-state index in [9.17, 15) is 0 Å². The van der Waals surface area contributed by atoms with Gasteiger partial charge in [-0.25, -0.2) is 4.98 Å². The molecule has 128 valence electrons. The monoisotopic (exact) mass is 334 g/mol. The van der Waals surface area contributed by atoms with Crippen molar-refractivity contribution >= 4 is 27.5 Å². The van der Waals surface area contributed by atoms with E-state index in [1.165, 1.54) is 16.6 Å². The first-order valence-corrected chi connectivity index (χ1v) is 8.70. The summed E-state index contributed by atoms with van der Waals surface area (Å²) in [6, 6.07) is 12.5. The van der Waals surface area contributed by atoms with Crippen molar-refractivity contribution in [3.05, 3.63) is 47.7 Å². The molecule has 0 spiro atoms. The van der Waals surface area contributed by atoms with Gasteiger partial charge in [-0.1, -0.05) is 26.0 Å². The van der Waals surface area contributed by atoms with Gasteiger partial charge in [0.2, 0.25) is 0 Å². The van der Waals surface area contributed by atoms with Gasteiger partial charge in [0.1, 0.15) is 5.65 Å². The summed E-state index contributed by atoms with van der Waals surface area (Å²) in [6.07, 6.45) is 1.90. The number of pyridine rings is 1. The van der Waals surface area contributed by atoms with Crippen LogP contribution in [0.25, 0.3) is 27.5 Å². The third-order valence-electron chi connectivity index (χ3n) is 4.96. The van der Waals surface area contributed by atoms with Gasteiger partial charge in [-0.2, -0.15) is 0 Å². The molecule has 0 aliphatic carbocycles. The van der Waals surface area contributed by atoms with Gasteiger partial charge in [0.25, 0.3) is 0 Å². The number of rotatable bonds is 4. The topological polar surface area (TPSA) is 35.8 Å². The molecule has 0 saturated carbocycles. The van der Waals surface area contributed by atoms with E-state index in [0.717, 1.165) is 46.4 Å². The fourth-order valence-corrected chi connectivity index (χ4v) is 3.85. The lowest BCUT2D eigenvalue weighted by Gasteiger charge is -2.17. The summed E-state index contributed by atoms with van der Waals surface area (Å²) in [5.74, 6) is 1.49. The quantitative estimate of drug-likeness (QED) is 0.539. The second-order valence-corrected chi connectivity index (χ2v) is 6.14. The van der Waals surface area contributed by atoms with Crippen LogP contribution in [0, 0.1) is 0 Å². The minimum Gasteiger partial charge on any atom is -0.493 e. The molecule has 0 saturated heterocycles. The van der Waals surface area contributed by atoms with E-state index in [2.05, 4.69) is 42.5 Å². The summed E-state index contributed by atoms with van der Waals surface area (Å²) in [5, 5.41) is 2.29. The second-order valence-electron chi connectivity index (χ2n) is 6.14. The molecule has 2 aromatic carbocycles. The van der Waals surface area contributed by atoms with E-state index < -0.39 is 0 Å². The van der Waals surface area contributed by atoms with Crippen LogP contribution in [0.2, 0.25) is 0 Å². The van der Waals surface area contributed by atoms with E-state index in [4.69, 9.17) is 14.5 Å². The average molecular weight is 334 g/mol. The summed E-state index contributed by atoms with van der Waals surface area (Å²) in [7, 11) is 3.35. The summed E-state index contributed by atoms with van der Waals surface area (Å²) >= 11 is 0. The van der Waals surface area contributed by atoms with E-state index >= 15 is 0 Å². The highest BCUT2D eigenvalue weighted by atomic mass is 16.5. The molecule has 2 heterocycles. The Morgan fingerprint density at radius 1 is 0.920 bits per heavy atom. The molecule has 0 aliphatic rings.